The number of guanidine groups is 1. The number of para-hydroxylation sites is 1. The summed E-state index contributed by atoms with van der Waals surface area (Å²) in [5.41, 5.74) is 0.991. The van der Waals surface area contributed by atoms with Crippen LogP contribution in [-0.2, 0) is 16.1 Å². The summed E-state index contributed by atoms with van der Waals surface area (Å²) in [6.45, 7) is 1.50. The van der Waals surface area contributed by atoms with Gasteiger partial charge in [-0.05, 0) is 36.8 Å². The highest BCUT2D eigenvalue weighted by Gasteiger charge is 2.58. The standard InChI is InChI=1S/C23H27N7O2/c1-24-23(26-13-18-28-27-14-30(18)17-6-3-2-4-7-17)25-10-5-11-29-21(31)19-15-8-9-16(12-15)20(19)22(29)32/h2-4,6-9,14-16,19-20H,5,10-13H2,1H3,(H2,24,25,26). The van der Waals surface area contributed by atoms with Crippen molar-refractivity contribution in [3.05, 3.63) is 54.6 Å². The molecule has 2 N–H and O–H groups in total. The molecule has 1 saturated carbocycles. The highest BCUT2D eigenvalue weighted by atomic mass is 16.2. The molecule has 2 aliphatic carbocycles. The zero-order valence-corrected chi connectivity index (χ0v) is 18.0. The second-order valence-electron chi connectivity index (χ2n) is 8.49. The predicted molar refractivity (Wildman–Crippen MR) is 119 cm³/mol. The molecule has 9 nitrogen and oxygen atoms in total. The minimum Gasteiger partial charge on any atom is -0.356 e. The van der Waals surface area contributed by atoms with Crippen molar-refractivity contribution in [3.8, 4) is 5.69 Å². The van der Waals surface area contributed by atoms with E-state index < -0.39 is 0 Å². The number of rotatable bonds is 7. The van der Waals surface area contributed by atoms with Crippen LogP contribution < -0.4 is 10.6 Å². The maximum atomic E-state index is 12.8. The van der Waals surface area contributed by atoms with Gasteiger partial charge in [-0.15, -0.1) is 10.2 Å². The summed E-state index contributed by atoms with van der Waals surface area (Å²) in [5.74, 6) is 1.69. The van der Waals surface area contributed by atoms with Crippen LogP contribution in [0, 0.1) is 23.7 Å². The number of allylic oxidation sites excluding steroid dienone is 2. The number of hydrogen-bond donors (Lipinski definition) is 2. The Hall–Kier alpha value is -3.49. The molecule has 2 aromatic rings. The fourth-order valence-electron chi connectivity index (χ4n) is 5.20. The molecule has 2 amide bonds. The number of likely N-dealkylation sites (tertiary alicyclic amines) is 1. The lowest BCUT2D eigenvalue weighted by Gasteiger charge is -2.18. The normalized spacial score (nSPS) is 26.2. The Morgan fingerprint density at radius 1 is 1.09 bits per heavy atom. The first-order valence-corrected chi connectivity index (χ1v) is 11.1. The van der Waals surface area contributed by atoms with E-state index in [2.05, 4.69) is 38.0 Å². The van der Waals surface area contributed by atoms with Crippen molar-refractivity contribution in [2.45, 2.75) is 19.4 Å². The summed E-state index contributed by atoms with van der Waals surface area (Å²) in [7, 11) is 1.70. The van der Waals surface area contributed by atoms with Crippen molar-refractivity contribution in [2.75, 3.05) is 20.1 Å². The lowest BCUT2D eigenvalue weighted by molar-refractivity contribution is -0.140. The van der Waals surface area contributed by atoms with Gasteiger partial charge in [0, 0.05) is 25.8 Å². The van der Waals surface area contributed by atoms with Crippen molar-refractivity contribution >= 4 is 17.8 Å². The second kappa shape index (κ2) is 8.57. The molecule has 1 aromatic heterocycles. The second-order valence-corrected chi connectivity index (χ2v) is 8.49. The smallest absolute Gasteiger partial charge is 0.233 e. The van der Waals surface area contributed by atoms with Gasteiger partial charge in [0.1, 0.15) is 6.33 Å². The van der Waals surface area contributed by atoms with Crippen molar-refractivity contribution in [3.63, 3.8) is 0 Å². The number of nitrogens with one attached hydrogen (secondary N) is 2. The van der Waals surface area contributed by atoms with Crippen LogP contribution in [0.4, 0.5) is 0 Å². The first-order chi connectivity index (χ1) is 15.7. The highest BCUT2D eigenvalue weighted by Crippen LogP contribution is 2.52. The molecule has 0 spiro atoms. The fraction of sp³-hybridized carbons (Fsp3) is 0.435. The van der Waals surface area contributed by atoms with E-state index in [0.717, 1.165) is 17.9 Å². The molecule has 1 aromatic carbocycles. The lowest BCUT2D eigenvalue weighted by Crippen LogP contribution is -2.40. The van der Waals surface area contributed by atoms with E-state index in [1.54, 1.807) is 13.4 Å². The third kappa shape index (κ3) is 3.57. The van der Waals surface area contributed by atoms with E-state index in [0.29, 0.717) is 32.0 Å². The van der Waals surface area contributed by atoms with E-state index in [1.807, 2.05) is 34.9 Å². The number of carbonyl (C=O) groups excluding carboxylic acids is 2. The number of aromatic nitrogens is 3. The van der Waals surface area contributed by atoms with E-state index in [1.165, 1.54) is 4.90 Å². The minimum atomic E-state index is -0.123. The Morgan fingerprint density at radius 2 is 1.81 bits per heavy atom. The van der Waals surface area contributed by atoms with E-state index in [9.17, 15) is 9.59 Å². The first kappa shape index (κ1) is 20.4. The molecule has 2 heterocycles. The Balaban J connectivity index is 1.09. The number of carbonyl (C=O) groups is 2. The summed E-state index contributed by atoms with van der Waals surface area (Å²) >= 11 is 0. The van der Waals surface area contributed by atoms with Crippen LogP contribution in [0.5, 0.6) is 0 Å². The molecule has 1 saturated heterocycles. The molecule has 32 heavy (non-hydrogen) atoms. The molecular weight excluding hydrogens is 406 g/mol. The minimum absolute atomic E-state index is 0.0135. The number of amides is 2. The Labute approximate surface area is 186 Å². The first-order valence-electron chi connectivity index (χ1n) is 11.1. The molecule has 5 rings (SSSR count). The number of imide groups is 1. The Morgan fingerprint density at radius 3 is 2.50 bits per heavy atom. The molecule has 4 unspecified atom stereocenters. The topological polar surface area (TPSA) is 105 Å². The largest absolute Gasteiger partial charge is 0.356 e. The van der Waals surface area contributed by atoms with Gasteiger partial charge in [-0.2, -0.15) is 0 Å². The van der Waals surface area contributed by atoms with E-state index in [4.69, 9.17) is 0 Å². The fourth-order valence-corrected chi connectivity index (χ4v) is 5.20. The maximum Gasteiger partial charge on any atom is 0.233 e. The maximum absolute atomic E-state index is 12.8. The van der Waals surface area contributed by atoms with Crippen LogP contribution in [0.1, 0.15) is 18.7 Å². The molecule has 4 atom stereocenters. The van der Waals surface area contributed by atoms with Crippen LogP contribution in [-0.4, -0.2) is 57.6 Å². The summed E-state index contributed by atoms with van der Waals surface area (Å²) in [6, 6.07) is 9.90. The highest BCUT2D eigenvalue weighted by molar-refractivity contribution is 6.06. The zero-order valence-electron chi connectivity index (χ0n) is 18.0. The van der Waals surface area contributed by atoms with Crippen molar-refractivity contribution < 1.29 is 9.59 Å². The van der Waals surface area contributed by atoms with Crippen LogP contribution in [0.2, 0.25) is 0 Å². The van der Waals surface area contributed by atoms with Gasteiger partial charge in [-0.25, -0.2) is 0 Å². The van der Waals surface area contributed by atoms with Gasteiger partial charge in [0.25, 0.3) is 0 Å². The quantitative estimate of drug-likeness (QED) is 0.223. The average Bonchev–Trinajstić information content (AvgIpc) is 3.60. The number of benzene rings is 1. The third-order valence-corrected chi connectivity index (χ3v) is 6.70. The number of aliphatic imine (C=N–C) groups is 1. The van der Waals surface area contributed by atoms with Crippen molar-refractivity contribution in [1.29, 1.82) is 0 Å². The molecule has 2 fully saturated rings. The number of nitrogens with zero attached hydrogens (tertiary/aromatic N) is 5. The third-order valence-electron chi connectivity index (χ3n) is 6.70. The van der Waals surface area contributed by atoms with Crippen LogP contribution in [0.3, 0.4) is 0 Å². The van der Waals surface area contributed by atoms with E-state index >= 15 is 0 Å². The van der Waals surface area contributed by atoms with Crippen LogP contribution >= 0.6 is 0 Å². The van der Waals surface area contributed by atoms with Crippen LogP contribution in [0.15, 0.2) is 53.8 Å². The zero-order chi connectivity index (χ0) is 22.1. The monoisotopic (exact) mass is 433 g/mol. The molecule has 166 valence electrons. The van der Waals surface area contributed by atoms with Crippen molar-refractivity contribution in [1.82, 2.24) is 30.3 Å². The van der Waals surface area contributed by atoms with Crippen molar-refractivity contribution in [2.24, 2.45) is 28.7 Å². The van der Waals surface area contributed by atoms with Gasteiger partial charge in [0.05, 0.1) is 18.4 Å². The summed E-state index contributed by atoms with van der Waals surface area (Å²) in [6.07, 6.45) is 7.55. The Bertz CT molecular complexity index is 1030. The van der Waals surface area contributed by atoms with Gasteiger partial charge >= 0.3 is 0 Å². The summed E-state index contributed by atoms with van der Waals surface area (Å²) in [4.78, 5) is 31.2. The summed E-state index contributed by atoms with van der Waals surface area (Å²) in [5, 5.41) is 14.7. The summed E-state index contributed by atoms with van der Waals surface area (Å²) < 4.78 is 1.92. The van der Waals surface area contributed by atoms with Gasteiger partial charge in [-0.1, -0.05) is 30.4 Å². The lowest BCUT2D eigenvalue weighted by atomic mass is 9.85. The van der Waals surface area contributed by atoms with E-state index in [-0.39, 0.29) is 35.5 Å². The molecular formula is C23H27N7O2. The number of fused-ring (bicyclic) bond motifs is 5. The van der Waals surface area contributed by atoms with Gasteiger partial charge in [0.15, 0.2) is 11.8 Å². The Kier molecular flexibility index (Phi) is 5.46. The van der Waals surface area contributed by atoms with Gasteiger partial charge < -0.3 is 10.6 Å². The predicted octanol–water partition coefficient (Wildman–Crippen LogP) is 1.13. The number of hydrogen-bond acceptors (Lipinski definition) is 5. The van der Waals surface area contributed by atoms with Gasteiger partial charge in [-0.3, -0.25) is 24.0 Å². The molecule has 3 aliphatic rings. The molecule has 2 bridgehead atoms. The SMILES string of the molecule is CN=C(NCCCN1C(=O)C2C3C=CC(C3)C2C1=O)NCc1nncn1-c1ccccc1. The molecule has 1 aliphatic heterocycles. The molecule has 9 heteroatoms. The van der Waals surface area contributed by atoms with Crippen LogP contribution in [0.25, 0.3) is 5.69 Å². The van der Waals surface area contributed by atoms with Gasteiger partial charge in [0.2, 0.25) is 11.8 Å². The average molecular weight is 434 g/mol. The molecule has 0 radical (unpaired) electrons.